The smallest absolute Gasteiger partial charge is 0.310 e. The highest BCUT2D eigenvalue weighted by Gasteiger charge is 2.56. The molecule has 2 aromatic rings. The van der Waals surface area contributed by atoms with Crippen molar-refractivity contribution in [3.05, 3.63) is 71.8 Å². The van der Waals surface area contributed by atoms with Crippen LogP contribution in [0, 0.1) is 17.8 Å². The van der Waals surface area contributed by atoms with Gasteiger partial charge in [-0.15, -0.1) is 0 Å². The third-order valence-corrected chi connectivity index (χ3v) is 6.85. The Morgan fingerprint density at radius 1 is 0.862 bits per heavy atom. The van der Waals surface area contributed by atoms with Crippen molar-refractivity contribution in [2.24, 2.45) is 17.8 Å². The molecule has 0 unspecified atom stereocenters. The molecule has 4 nitrogen and oxygen atoms in total. The molecule has 0 radical (unpaired) electrons. The van der Waals surface area contributed by atoms with Gasteiger partial charge in [0.15, 0.2) is 0 Å². The van der Waals surface area contributed by atoms with Crippen molar-refractivity contribution in [2.75, 3.05) is 0 Å². The van der Waals surface area contributed by atoms with Gasteiger partial charge in [-0.25, -0.2) is 0 Å². The molecule has 29 heavy (non-hydrogen) atoms. The number of hydrogen-bond donors (Lipinski definition) is 1. The summed E-state index contributed by atoms with van der Waals surface area (Å²) < 4.78 is 6.08. The molecule has 0 bridgehead atoms. The van der Waals surface area contributed by atoms with E-state index < -0.39 is 17.8 Å². The summed E-state index contributed by atoms with van der Waals surface area (Å²) in [5, 5.41) is 9.69. The number of carboxylic acid groups (broad SMARTS) is 1. The highest BCUT2D eigenvalue weighted by Crippen LogP contribution is 2.53. The fourth-order valence-corrected chi connectivity index (χ4v) is 5.33. The standard InChI is InChI=1S/C25H28O4/c1-16-21(24(26)27)23(18-12-6-3-7-13-18)22(16)25(28)29-20-15-9-8-14-19(20)17-10-4-2-5-11-17/h2-7,10-13,16,19-23H,8-9,14-15H2,1H3,(H,26,27)/t16-,19-,20+,21-,22-,23-/m1/s1. The van der Waals surface area contributed by atoms with E-state index in [1.54, 1.807) is 0 Å². The average Bonchev–Trinajstić information content (AvgIpc) is 2.73. The third kappa shape index (κ3) is 3.81. The lowest BCUT2D eigenvalue weighted by atomic mass is 9.55. The number of carbonyl (C=O) groups is 2. The van der Waals surface area contributed by atoms with Gasteiger partial charge in [0.05, 0.1) is 11.8 Å². The molecular weight excluding hydrogens is 364 g/mol. The highest BCUT2D eigenvalue weighted by molar-refractivity contribution is 5.82. The van der Waals surface area contributed by atoms with Crippen LogP contribution < -0.4 is 0 Å². The second-order valence-electron chi connectivity index (χ2n) is 8.46. The van der Waals surface area contributed by atoms with Gasteiger partial charge < -0.3 is 9.84 Å². The molecule has 0 spiro atoms. The Bertz CT molecular complexity index is 848. The third-order valence-electron chi connectivity index (χ3n) is 6.85. The summed E-state index contributed by atoms with van der Waals surface area (Å²) in [6.07, 6.45) is 3.95. The maximum atomic E-state index is 13.2. The Kier molecular flexibility index (Phi) is 5.70. The Morgan fingerprint density at radius 3 is 2.07 bits per heavy atom. The Balaban J connectivity index is 1.54. The minimum atomic E-state index is -0.838. The quantitative estimate of drug-likeness (QED) is 0.727. The molecule has 2 aliphatic carbocycles. The number of rotatable bonds is 5. The van der Waals surface area contributed by atoms with Gasteiger partial charge in [0, 0.05) is 11.8 Å². The molecule has 152 valence electrons. The monoisotopic (exact) mass is 392 g/mol. The molecule has 6 atom stereocenters. The molecule has 2 fully saturated rings. The first-order chi connectivity index (χ1) is 14.1. The van der Waals surface area contributed by atoms with Gasteiger partial charge in [-0.3, -0.25) is 9.59 Å². The maximum absolute atomic E-state index is 13.2. The van der Waals surface area contributed by atoms with E-state index in [0.29, 0.717) is 0 Å². The number of carbonyl (C=O) groups excluding carboxylic acids is 1. The van der Waals surface area contributed by atoms with Crippen LogP contribution in [0.4, 0.5) is 0 Å². The normalized spacial score (nSPS) is 31.5. The summed E-state index contributed by atoms with van der Waals surface area (Å²) in [5.41, 5.74) is 2.12. The fraction of sp³-hybridized carbons (Fsp3) is 0.440. The topological polar surface area (TPSA) is 63.6 Å². The summed E-state index contributed by atoms with van der Waals surface area (Å²) in [7, 11) is 0. The van der Waals surface area contributed by atoms with Crippen LogP contribution >= 0.6 is 0 Å². The SMILES string of the molecule is C[C@@H]1[C@@H](C(=O)O)[C@@H](c2ccccc2)[C@@H]1C(=O)O[C@H]1CCCC[C@@H]1c1ccccc1. The van der Waals surface area contributed by atoms with Crippen LogP contribution in [0.15, 0.2) is 60.7 Å². The largest absolute Gasteiger partial charge is 0.481 e. The number of aliphatic carboxylic acids is 1. The van der Waals surface area contributed by atoms with Crippen molar-refractivity contribution >= 4 is 11.9 Å². The van der Waals surface area contributed by atoms with Crippen LogP contribution in [-0.2, 0) is 14.3 Å². The van der Waals surface area contributed by atoms with Crippen molar-refractivity contribution in [2.45, 2.75) is 50.5 Å². The van der Waals surface area contributed by atoms with Crippen molar-refractivity contribution in [3.8, 4) is 0 Å². The van der Waals surface area contributed by atoms with Crippen LogP contribution in [0.5, 0.6) is 0 Å². The maximum Gasteiger partial charge on any atom is 0.310 e. The Labute approximate surface area is 171 Å². The molecule has 2 aromatic carbocycles. The number of ether oxygens (including phenoxy) is 1. The summed E-state index contributed by atoms with van der Waals surface area (Å²) >= 11 is 0. The van der Waals surface area contributed by atoms with Crippen molar-refractivity contribution in [3.63, 3.8) is 0 Å². The van der Waals surface area contributed by atoms with Crippen LogP contribution in [0.1, 0.15) is 55.6 Å². The second-order valence-corrected chi connectivity index (χ2v) is 8.46. The van der Waals surface area contributed by atoms with E-state index in [1.165, 1.54) is 5.56 Å². The average molecular weight is 392 g/mol. The van der Waals surface area contributed by atoms with E-state index in [9.17, 15) is 14.7 Å². The van der Waals surface area contributed by atoms with Crippen LogP contribution in [0.3, 0.4) is 0 Å². The van der Waals surface area contributed by atoms with Crippen molar-refractivity contribution in [1.29, 1.82) is 0 Å². The van der Waals surface area contributed by atoms with E-state index in [1.807, 2.05) is 55.5 Å². The summed E-state index contributed by atoms with van der Waals surface area (Å²) in [6, 6.07) is 19.8. The molecule has 4 heteroatoms. The van der Waals surface area contributed by atoms with Gasteiger partial charge >= 0.3 is 11.9 Å². The number of hydrogen-bond acceptors (Lipinski definition) is 3. The zero-order valence-electron chi connectivity index (χ0n) is 16.7. The van der Waals surface area contributed by atoms with Gasteiger partial charge in [-0.05, 0) is 36.3 Å². The summed E-state index contributed by atoms with van der Waals surface area (Å²) in [6.45, 7) is 1.86. The highest BCUT2D eigenvalue weighted by atomic mass is 16.5. The van der Waals surface area contributed by atoms with Crippen LogP contribution in [0.25, 0.3) is 0 Å². The number of esters is 1. The van der Waals surface area contributed by atoms with Gasteiger partial charge in [0.2, 0.25) is 0 Å². The first kappa shape index (κ1) is 19.7. The van der Waals surface area contributed by atoms with Gasteiger partial charge in [0.1, 0.15) is 6.10 Å². The van der Waals surface area contributed by atoms with E-state index in [4.69, 9.17) is 4.74 Å². The van der Waals surface area contributed by atoms with Gasteiger partial charge in [-0.1, -0.05) is 74.0 Å². The Hall–Kier alpha value is -2.62. The van der Waals surface area contributed by atoms with Crippen molar-refractivity contribution < 1.29 is 19.4 Å². The van der Waals surface area contributed by atoms with E-state index in [-0.39, 0.29) is 29.8 Å². The predicted molar refractivity (Wildman–Crippen MR) is 110 cm³/mol. The minimum Gasteiger partial charge on any atom is -0.481 e. The van der Waals surface area contributed by atoms with Gasteiger partial charge in [-0.2, -0.15) is 0 Å². The Morgan fingerprint density at radius 2 is 1.45 bits per heavy atom. The first-order valence-electron chi connectivity index (χ1n) is 10.6. The van der Waals surface area contributed by atoms with Crippen LogP contribution in [0.2, 0.25) is 0 Å². The lowest BCUT2D eigenvalue weighted by Crippen LogP contribution is -2.52. The lowest BCUT2D eigenvalue weighted by Gasteiger charge is -2.47. The summed E-state index contributed by atoms with van der Waals surface area (Å²) in [4.78, 5) is 25.0. The predicted octanol–water partition coefficient (Wildman–Crippen LogP) is 5.01. The van der Waals surface area contributed by atoms with Crippen LogP contribution in [-0.4, -0.2) is 23.1 Å². The zero-order valence-corrected chi connectivity index (χ0v) is 16.7. The molecule has 0 aromatic heterocycles. The fourth-order valence-electron chi connectivity index (χ4n) is 5.33. The molecular formula is C25H28O4. The minimum absolute atomic E-state index is 0.133. The molecule has 4 rings (SSSR count). The molecule has 1 N–H and O–H groups in total. The first-order valence-corrected chi connectivity index (χ1v) is 10.6. The zero-order chi connectivity index (χ0) is 20.4. The second kappa shape index (κ2) is 8.40. The molecule has 0 amide bonds. The number of carboxylic acids is 1. The molecule has 2 aliphatic rings. The molecule has 0 heterocycles. The van der Waals surface area contributed by atoms with E-state index in [2.05, 4.69) is 12.1 Å². The van der Waals surface area contributed by atoms with E-state index in [0.717, 1.165) is 31.2 Å². The lowest BCUT2D eigenvalue weighted by molar-refractivity contribution is -0.174. The van der Waals surface area contributed by atoms with E-state index >= 15 is 0 Å². The summed E-state index contributed by atoms with van der Waals surface area (Å²) in [5.74, 6) is -2.37. The number of benzene rings is 2. The molecule has 0 saturated heterocycles. The molecule has 0 aliphatic heterocycles. The van der Waals surface area contributed by atoms with Crippen molar-refractivity contribution in [1.82, 2.24) is 0 Å². The molecule has 2 saturated carbocycles. The van der Waals surface area contributed by atoms with Gasteiger partial charge in [0.25, 0.3) is 0 Å².